The highest BCUT2D eigenvalue weighted by Gasteiger charge is 2.41. The van der Waals surface area contributed by atoms with Crippen LogP contribution in [0.5, 0.6) is 0 Å². The van der Waals surface area contributed by atoms with Gasteiger partial charge in [-0.25, -0.2) is 25.4 Å². The lowest BCUT2D eigenvalue weighted by Crippen LogP contribution is -2.35. The third kappa shape index (κ3) is 4.81. The van der Waals surface area contributed by atoms with Crippen molar-refractivity contribution in [3.8, 4) is 0 Å². The number of fused-ring (bicyclic) bond motifs is 1. The molecule has 10 nitrogen and oxygen atoms in total. The van der Waals surface area contributed by atoms with Gasteiger partial charge in [-0.1, -0.05) is 24.3 Å². The van der Waals surface area contributed by atoms with E-state index in [0.29, 0.717) is 11.1 Å². The summed E-state index contributed by atoms with van der Waals surface area (Å²) in [7, 11) is -1.82. The topological polar surface area (TPSA) is 118 Å². The van der Waals surface area contributed by atoms with E-state index in [4.69, 9.17) is 0 Å². The lowest BCUT2D eigenvalue weighted by Gasteiger charge is -2.34. The SMILES string of the molecule is CN(C)S(=O)(=O)c1ccc(C2=C[C@@](C)(c3ccc(S(=O)(=O)N(C)C)cc3)Nc3nc(C(F)(F)F)nn32)cc1. The Bertz CT molecular complexity index is 1610. The van der Waals surface area contributed by atoms with Crippen molar-refractivity contribution in [3.63, 3.8) is 0 Å². The van der Waals surface area contributed by atoms with Crippen LogP contribution in [0.3, 0.4) is 0 Å². The molecule has 0 saturated heterocycles. The maximum atomic E-state index is 13.5. The molecule has 1 N–H and O–H groups in total. The highest BCUT2D eigenvalue weighted by molar-refractivity contribution is 7.89. The molecule has 0 bridgehead atoms. The minimum Gasteiger partial charge on any atom is -0.341 e. The summed E-state index contributed by atoms with van der Waals surface area (Å²) in [6, 6.07) is 11.6. The van der Waals surface area contributed by atoms with Crippen LogP contribution >= 0.6 is 0 Å². The van der Waals surface area contributed by atoms with Crippen LogP contribution in [0.1, 0.15) is 23.9 Å². The number of benzene rings is 2. The van der Waals surface area contributed by atoms with Crippen LogP contribution in [0.4, 0.5) is 19.1 Å². The second kappa shape index (κ2) is 9.18. The maximum Gasteiger partial charge on any atom is 0.453 e. The summed E-state index contributed by atoms with van der Waals surface area (Å²) >= 11 is 0. The van der Waals surface area contributed by atoms with Gasteiger partial charge in [-0.05, 0) is 42.8 Å². The quantitative estimate of drug-likeness (QED) is 0.484. The summed E-state index contributed by atoms with van der Waals surface area (Å²) in [5.74, 6) is -1.54. The molecule has 0 saturated carbocycles. The van der Waals surface area contributed by atoms with E-state index in [-0.39, 0.29) is 21.4 Å². The van der Waals surface area contributed by atoms with Crippen molar-refractivity contribution in [2.75, 3.05) is 33.5 Å². The van der Waals surface area contributed by atoms with Crippen LogP contribution in [0.2, 0.25) is 0 Å². The average molecular weight is 571 g/mol. The van der Waals surface area contributed by atoms with Gasteiger partial charge in [-0.15, -0.1) is 5.10 Å². The zero-order valence-corrected chi connectivity index (χ0v) is 22.6. The first-order chi connectivity index (χ1) is 17.5. The van der Waals surface area contributed by atoms with E-state index in [2.05, 4.69) is 15.4 Å². The summed E-state index contributed by atoms with van der Waals surface area (Å²) in [6.45, 7) is 1.69. The molecule has 1 atom stereocenters. The van der Waals surface area contributed by atoms with Gasteiger partial charge >= 0.3 is 6.18 Å². The number of hydrogen-bond donors (Lipinski definition) is 1. The number of alkyl halides is 3. The summed E-state index contributed by atoms with van der Waals surface area (Å²) in [5.41, 5.74) is 0.0308. The summed E-state index contributed by atoms with van der Waals surface area (Å²) in [5, 5.41) is 6.61. The first-order valence-electron chi connectivity index (χ1n) is 11.1. The van der Waals surface area contributed by atoms with Gasteiger partial charge in [0.25, 0.3) is 5.82 Å². The Morgan fingerprint density at radius 2 is 1.32 bits per heavy atom. The zero-order chi connectivity index (χ0) is 28.3. The van der Waals surface area contributed by atoms with Gasteiger partial charge < -0.3 is 5.32 Å². The second-order valence-corrected chi connectivity index (χ2v) is 13.5. The molecule has 1 aliphatic rings. The summed E-state index contributed by atoms with van der Waals surface area (Å²) in [4.78, 5) is 3.71. The van der Waals surface area contributed by atoms with Crippen LogP contribution in [0.25, 0.3) is 5.70 Å². The van der Waals surface area contributed by atoms with Crippen molar-refractivity contribution in [1.29, 1.82) is 0 Å². The van der Waals surface area contributed by atoms with Crippen LogP contribution < -0.4 is 5.32 Å². The molecule has 38 heavy (non-hydrogen) atoms. The Hall–Kier alpha value is -3.27. The lowest BCUT2D eigenvalue weighted by molar-refractivity contribution is -0.144. The van der Waals surface area contributed by atoms with Crippen molar-refractivity contribution in [3.05, 3.63) is 71.6 Å². The van der Waals surface area contributed by atoms with E-state index in [1.54, 1.807) is 25.1 Å². The molecule has 15 heteroatoms. The Morgan fingerprint density at radius 3 is 1.76 bits per heavy atom. The highest BCUT2D eigenvalue weighted by Crippen LogP contribution is 2.39. The molecule has 0 amide bonds. The van der Waals surface area contributed by atoms with E-state index in [0.717, 1.165) is 13.3 Å². The molecular formula is C23H25F3N6O4S2. The fourth-order valence-electron chi connectivity index (χ4n) is 3.84. The fraction of sp³-hybridized carbons (Fsp3) is 0.304. The standard InChI is InChI=1S/C23H25F3N6O4S2/c1-22(16-8-12-18(13-9-16)38(35,36)31(4)5)14-19(32-21(28-22)27-20(29-32)23(24,25)26)15-6-10-17(11-7-15)37(33,34)30(2)3/h6-14H,1-5H3,(H,27,28,29)/t22-/m0/s1. The molecule has 2 aromatic carbocycles. The summed E-state index contributed by atoms with van der Waals surface area (Å²) < 4.78 is 93.4. The monoisotopic (exact) mass is 570 g/mol. The van der Waals surface area contributed by atoms with Crippen LogP contribution in [0.15, 0.2) is 64.4 Å². The molecule has 0 unspecified atom stereocenters. The van der Waals surface area contributed by atoms with Crippen molar-refractivity contribution >= 4 is 31.7 Å². The second-order valence-electron chi connectivity index (χ2n) is 9.15. The molecule has 2 heterocycles. The molecule has 1 aromatic heterocycles. The molecular weight excluding hydrogens is 545 g/mol. The number of rotatable bonds is 6. The van der Waals surface area contributed by atoms with E-state index >= 15 is 0 Å². The zero-order valence-electron chi connectivity index (χ0n) is 21.0. The number of sulfonamides is 2. The maximum absolute atomic E-state index is 13.5. The third-order valence-corrected chi connectivity index (χ3v) is 9.71. The van der Waals surface area contributed by atoms with E-state index in [9.17, 15) is 30.0 Å². The predicted octanol–water partition coefficient (Wildman–Crippen LogP) is 3.03. The summed E-state index contributed by atoms with van der Waals surface area (Å²) in [6.07, 6.45) is -3.18. The third-order valence-electron chi connectivity index (χ3n) is 6.05. The number of nitrogens with zero attached hydrogens (tertiary/aromatic N) is 5. The molecule has 204 valence electrons. The lowest BCUT2D eigenvalue weighted by atomic mass is 9.89. The van der Waals surface area contributed by atoms with Crippen molar-refractivity contribution in [2.24, 2.45) is 0 Å². The number of nitrogens with one attached hydrogen (secondary N) is 1. The van der Waals surface area contributed by atoms with E-state index < -0.39 is 37.6 Å². The minimum atomic E-state index is -4.81. The molecule has 0 fully saturated rings. The Kier molecular flexibility index (Phi) is 6.71. The molecule has 1 aliphatic heterocycles. The molecule has 0 aliphatic carbocycles. The highest BCUT2D eigenvalue weighted by atomic mass is 32.2. The molecule has 4 rings (SSSR count). The Balaban J connectivity index is 1.85. The van der Waals surface area contributed by atoms with E-state index in [1.807, 2.05) is 0 Å². The normalized spacial score (nSPS) is 18.3. The van der Waals surface area contributed by atoms with Crippen LogP contribution in [-0.2, 0) is 31.8 Å². The van der Waals surface area contributed by atoms with Crippen LogP contribution in [-0.4, -0.2) is 68.4 Å². The van der Waals surface area contributed by atoms with Crippen molar-refractivity contribution in [2.45, 2.75) is 28.4 Å². The predicted molar refractivity (Wildman–Crippen MR) is 134 cm³/mol. The number of hydrogen-bond acceptors (Lipinski definition) is 7. The largest absolute Gasteiger partial charge is 0.453 e. The van der Waals surface area contributed by atoms with Gasteiger partial charge in [0.05, 0.1) is 21.0 Å². The van der Waals surface area contributed by atoms with Gasteiger partial charge in [0.1, 0.15) is 0 Å². The smallest absolute Gasteiger partial charge is 0.341 e. The minimum absolute atomic E-state index is 0.0102. The van der Waals surface area contributed by atoms with Gasteiger partial charge in [-0.2, -0.15) is 22.8 Å². The van der Waals surface area contributed by atoms with Crippen molar-refractivity contribution < 1.29 is 30.0 Å². The van der Waals surface area contributed by atoms with E-state index in [1.165, 1.54) is 64.6 Å². The first kappa shape index (κ1) is 27.8. The number of aromatic nitrogens is 3. The number of halogens is 3. The Labute approximate surface area is 218 Å². The van der Waals surface area contributed by atoms with Gasteiger partial charge in [-0.3, -0.25) is 0 Å². The van der Waals surface area contributed by atoms with Crippen molar-refractivity contribution in [1.82, 2.24) is 23.4 Å². The molecule has 3 aromatic rings. The average Bonchev–Trinajstić information content (AvgIpc) is 3.28. The fourth-order valence-corrected chi connectivity index (χ4v) is 5.64. The van der Waals surface area contributed by atoms with Gasteiger partial charge in [0, 0.05) is 33.8 Å². The Morgan fingerprint density at radius 1 is 0.842 bits per heavy atom. The van der Waals surface area contributed by atoms with Gasteiger partial charge in [0.2, 0.25) is 26.0 Å². The first-order valence-corrected chi connectivity index (χ1v) is 14.0. The number of anilines is 1. The molecule has 0 spiro atoms. The van der Waals surface area contributed by atoms with Crippen LogP contribution in [0, 0.1) is 0 Å². The van der Waals surface area contributed by atoms with Gasteiger partial charge in [0.15, 0.2) is 0 Å². The molecule has 0 radical (unpaired) electrons.